The van der Waals surface area contributed by atoms with Gasteiger partial charge in [-0.25, -0.2) is 18.4 Å². The summed E-state index contributed by atoms with van der Waals surface area (Å²) in [6, 6.07) is 9.82. The number of rotatable bonds is 5. The summed E-state index contributed by atoms with van der Waals surface area (Å²) in [5.74, 6) is -0.197. The summed E-state index contributed by atoms with van der Waals surface area (Å²) in [5, 5.41) is 0.895. The average Bonchev–Trinajstić information content (AvgIpc) is 3.22. The van der Waals surface area contributed by atoms with Crippen molar-refractivity contribution in [1.82, 2.24) is 19.3 Å². The van der Waals surface area contributed by atoms with E-state index in [1.54, 1.807) is 23.2 Å². The van der Waals surface area contributed by atoms with Gasteiger partial charge in [-0.3, -0.25) is 9.63 Å². The fourth-order valence-electron chi connectivity index (χ4n) is 3.21. The third-order valence-corrected chi connectivity index (χ3v) is 7.68. The zero-order valence-corrected chi connectivity index (χ0v) is 18.2. The van der Waals surface area contributed by atoms with E-state index in [0.717, 1.165) is 19.9 Å². The molecule has 3 heterocycles. The largest absolute Gasteiger partial charge is 0.344 e. The van der Waals surface area contributed by atoms with Crippen molar-refractivity contribution in [3.8, 4) is 0 Å². The summed E-state index contributed by atoms with van der Waals surface area (Å²) in [5.41, 5.74) is 1.20. The Morgan fingerprint density at radius 2 is 1.93 bits per heavy atom. The van der Waals surface area contributed by atoms with Crippen LogP contribution < -0.4 is 4.90 Å². The number of carbonyl (C=O) groups is 1. The molecule has 1 saturated heterocycles. The Bertz CT molecular complexity index is 1140. The van der Waals surface area contributed by atoms with Gasteiger partial charge in [-0.15, -0.1) is 0 Å². The SMILES string of the molecule is CON(C)S(=O)(=O)c1cccc(C(=O)N2CCN(c3nc4cccnc4s3)CC2)c1. The zero-order chi connectivity index (χ0) is 21.3. The van der Waals surface area contributed by atoms with Crippen LogP contribution in [0.25, 0.3) is 10.3 Å². The van der Waals surface area contributed by atoms with Gasteiger partial charge in [-0.2, -0.15) is 0 Å². The maximum atomic E-state index is 12.9. The molecule has 9 nitrogen and oxygen atoms in total. The number of anilines is 1. The van der Waals surface area contributed by atoms with Crippen molar-refractivity contribution in [3.05, 3.63) is 48.2 Å². The molecule has 0 N–H and O–H groups in total. The topological polar surface area (TPSA) is 95.9 Å². The Morgan fingerprint density at radius 3 is 2.63 bits per heavy atom. The summed E-state index contributed by atoms with van der Waals surface area (Å²) >= 11 is 1.54. The van der Waals surface area contributed by atoms with Gasteiger partial charge in [-0.1, -0.05) is 21.9 Å². The molecule has 4 rings (SSSR count). The first-order valence-corrected chi connectivity index (χ1v) is 11.5. The fourth-order valence-corrected chi connectivity index (χ4v) is 5.19. The maximum Gasteiger partial charge on any atom is 0.264 e. The monoisotopic (exact) mass is 447 g/mol. The molecule has 3 aromatic rings. The van der Waals surface area contributed by atoms with Crippen LogP contribution in [0, 0.1) is 0 Å². The molecule has 11 heteroatoms. The van der Waals surface area contributed by atoms with Gasteiger partial charge >= 0.3 is 0 Å². The van der Waals surface area contributed by atoms with Gasteiger partial charge in [-0.05, 0) is 30.3 Å². The number of pyridine rings is 1. The third-order valence-electron chi connectivity index (χ3n) is 4.97. The smallest absolute Gasteiger partial charge is 0.264 e. The summed E-state index contributed by atoms with van der Waals surface area (Å²) in [4.78, 5) is 31.5. The molecule has 1 aliphatic rings. The van der Waals surface area contributed by atoms with Crippen molar-refractivity contribution in [2.24, 2.45) is 0 Å². The molecule has 1 amide bonds. The van der Waals surface area contributed by atoms with Gasteiger partial charge in [0.1, 0.15) is 10.3 Å². The minimum Gasteiger partial charge on any atom is -0.344 e. The maximum absolute atomic E-state index is 12.9. The number of sulfonamides is 1. The standard InChI is InChI=1S/C19H21N5O4S2/c1-22(28-2)30(26,27)15-6-3-5-14(13-15)18(25)23-9-11-24(12-10-23)19-21-16-7-4-8-20-17(16)29-19/h3-8,13H,9-12H2,1-2H3. The number of aromatic nitrogens is 2. The van der Waals surface area contributed by atoms with E-state index < -0.39 is 10.0 Å². The summed E-state index contributed by atoms with van der Waals surface area (Å²) in [6.45, 7) is 2.35. The Morgan fingerprint density at radius 1 is 1.17 bits per heavy atom. The van der Waals surface area contributed by atoms with Crippen LogP contribution >= 0.6 is 11.3 Å². The lowest BCUT2D eigenvalue weighted by atomic mass is 10.2. The van der Waals surface area contributed by atoms with Gasteiger partial charge in [0.25, 0.3) is 15.9 Å². The predicted octanol–water partition coefficient (Wildman–Crippen LogP) is 1.84. The Balaban J connectivity index is 1.46. The van der Waals surface area contributed by atoms with Crippen LogP contribution in [-0.2, 0) is 14.9 Å². The molecule has 1 fully saturated rings. The second kappa shape index (κ2) is 8.26. The molecule has 1 aliphatic heterocycles. The number of amides is 1. The van der Waals surface area contributed by atoms with E-state index in [1.807, 2.05) is 12.1 Å². The number of carbonyl (C=O) groups excluding carboxylic acids is 1. The molecule has 0 radical (unpaired) electrons. The highest BCUT2D eigenvalue weighted by molar-refractivity contribution is 7.89. The highest BCUT2D eigenvalue weighted by Crippen LogP contribution is 2.28. The first-order chi connectivity index (χ1) is 14.4. The van der Waals surface area contributed by atoms with Crippen LogP contribution in [0.3, 0.4) is 0 Å². The highest BCUT2D eigenvalue weighted by Gasteiger charge is 2.26. The molecule has 0 bridgehead atoms. The lowest BCUT2D eigenvalue weighted by Crippen LogP contribution is -2.48. The molecule has 30 heavy (non-hydrogen) atoms. The molecule has 0 atom stereocenters. The molecular weight excluding hydrogens is 426 g/mol. The van der Waals surface area contributed by atoms with Crippen LogP contribution in [0.4, 0.5) is 5.13 Å². The van der Waals surface area contributed by atoms with Gasteiger partial charge in [0, 0.05) is 45.0 Å². The minimum atomic E-state index is -3.81. The molecule has 0 saturated carbocycles. The van der Waals surface area contributed by atoms with E-state index in [1.165, 1.54) is 37.6 Å². The second-order valence-electron chi connectivity index (χ2n) is 6.73. The van der Waals surface area contributed by atoms with Crippen molar-refractivity contribution in [1.29, 1.82) is 0 Å². The lowest BCUT2D eigenvalue weighted by molar-refractivity contribution is -0.0258. The number of hydrogen-bond donors (Lipinski definition) is 0. The first kappa shape index (κ1) is 20.7. The molecule has 158 valence electrons. The fraction of sp³-hybridized carbons (Fsp3) is 0.316. The van der Waals surface area contributed by atoms with Crippen molar-refractivity contribution in [3.63, 3.8) is 0 Å². The van der Waals surface area contributed by atoms with E-state index in [4.69, 9.17) is 4.84 Å². The normalized spacial score (nSPS) is 15.2. The third kappa shape index (κ3) is 3.88. The minimum absolute atomic E-state index is 0.0123. The predicted molar refractivity (Wildman–Crippen MR) is 114 cm³/mol. The number of hydrogen-bond acceptors (Lipinski definition) is 8. The van der Waals surface area contributed by atoms with Gasteiger partial charge in [0.05, 0.1) is 12.0 Å². The summed E-state index contributed by atoms with van der Waals surface area (Å²) < 4.78 is 25.7. The van der Waals surface area contributed by atoms with Gasteiger partial charge in [0.2, 0.25) is 0 Å². The zero-order valence-electron chi connectivity index (χ0n) is 16.6. The molecular formula is C19H21N5O4S2. The van der Waals surface area contributed by atoms with E-state index >= 15 is 0 Å². The van der Waals surface area contributed by atoms with E-state index in [9.17, 15) is 13.2 Å². The first-order valence-electron chi connectivity index (χ1n) is 9.29. The lowest BCUT2D eigenvalue weighted by Gasteiger charge is -2.34. The van der Waals surface area contributed by atoms with E-state index in [2.05, 4.69) is 14.9 Å². The number of benzene rings is 1. The number of nitrogens with zero attached hydrogens (tertiary/aromatic N) is 5. The Kier molecular flexibility index (Phi) is 5.69. The molecule has 0 unspecified atom stereocenters. The summed E-state index contributed by atoms with van der Waals surface area (Å²) in [6.07, 6.45) is 1.75. The van der Waals surface area contributed by atoms with Crippen molar-refractivity contribution >= 4 is 42.7 Å². The molecule has 0 aliphatic carbocycles. The Hall–Kier alpha value is -2.60. The number of fused-ring (bicyclic) bond motifs is 1. The van der Waals surface area contributed by atoms with Crippen LogP contribution in [0.5, 0.6) is 0 Å². The van der Waals surface area contributed by atoms with Crippen LogP contribution in [0.1, 0.15) is 10.4 Å². The van der Waals surface area contributed by atoms with Gasteiger partial charge < -0.3 is 9.80 Å². The van der Waals surface area contributed by atoms with Crippen LogP contribution in [0.2, 0.25) is 0 Å². The quantitative estimate of drug-likeness (QED) is 0.551. The van der Waals surface area contributed by atoms with E-state index in [0.29, 0.717) is 31.7 Å². The number of thiazole rings is 1. The van der Waals surface area contributed by atoms with Gasteiger partial charge in [0.15, 0.2) is 5.13 Å². The van der Waals surface area contributed by atoms with Crippen molar-refractivity contribution < 1.29 is 18.0 Å². The molecule has 0 spiro atoms. The number of piperazine rings is 1. The highest BCUT2D eigenvalue weighted by atomic mass is 32.2. The van der Waals surface area contributed by atoms with Crippen molar-refractivity contribution in [2.45, 2.75) is 4.90 Å². The molecule has 2 aromatic heterocycles. The van der Waals surface area contributed by atoms with Crippen LogP contribution in [-0.4, -0.2) is 74.0 Å². The van der Waals surface area contributed by atoms with Crippen molar-refractivity contribution in [2.75, 3.05) is 45.2 Å². The second-order valence-corrected chi connectivity index (χ2v) is 9.62. The van der Waals surface area contributed by atoms with Crippen LogP contribution in [0.15, 0.2) is 47.5 Å². The molecule has 1 aromatic carbocycles. The van der Waals surface area contributed by atoms with E-state index in [-0.39, 0.29) is 10.8 Å². The average molecular weight is 448 g/mol. The summed E-state index contributed by atoms with van der Waals surface area (Å²) in [7, 11) is -1.24. The number of hydroxylamine groups is 1. The Labute approximate surface area is 178 Å².